The zero-order chi connectivity index (χ0) is 14.5. The molecule has 2 rings (SSSR count). The summed E-state index contributed by atoms with van der Waals surface area (Å²) in [6, 6.07) is 5.83. The van der Waals surface area contributed by atoms with Gasteiger partial charge in [-0.1, -0.05) is 29.3 Å². The third-order valence-electron chi connectivity index (χ3n) is 4.24. The van der Waals surface area contributed by atoms with Gasteiger partial charge in [0.1, 0.15) is 0 Å². The standard InChI is InChI=1S/C15H22Cl2N2O/c16-14-2-1-12(9-15(14)17)13(10-18)11-3-5-19(6-4-11)7-8-20/h1-2,9,11,13,20H,3-8,10,18H2. The molecular formula is C15H22Cl2N2O. The van der Waals surface area contributed by atoms with Gasteiger partial charge in [0.2, 0.25) is 0 Å². The topological polar surface area (TPSA) is 49.5 Å². The quantitative estimate of drug-likeness (QED) is 0.878. The summed E-state index contributed by atoms with van der Waals surface area (Å²) >= 11 is 12.1. The summed E-state index contributed by atoms with van der Waals surface area (Å²) in [6.45, 7) is 3.69. The van der Waals surface area contributed by atoms with Gasteiger partial charge >= 0.3 is 0 Å². The molecule has 1 aromatic rings. The van der Waals surface area contributed by atoms with Crippen molar-refractivity contribution >= 4 is 23.2 Å². The lowest BCUT2D eigenvalue weighted by atomic mass is 9.80. The van der Waals surface area contributed by atoms with E-state index >= 15 is 0 Å². The number of nitrogens with zero attached hydrogens (tertiary/aromatic N) is 1. The lowest BCUT2D eigenvalue weighted by Gasteiger charge is -2.35. The van der Waals surface area contributed by atoms with Crippen molar-refractivity contribution in [2.45, 2.75) is 18.8 Å². The zero-order valence-corrected chi connectivity index (χ0v) is 13.1. The first-order valence-corrected chi connectivity index (χ1v) is 7.89. The molecule has 0 aliphatic carbocycles. The molecule has 0 radical (unpaired) electrons. The van der Waals surface area contributed by atoms with Gasteiger partial charge in [0, 0.05) is 6.54 Å². The summed E-state index contributed by atoms with van der Waals surface area (Å²) < 4.78 is 0. The van der Waals surface area contributed by atoms with Crippen LogP contribution >= 0.6 is 23.2 Å². The van der Waals surface area contributed by atoms with Gasteiger partial charge in [-0.3, -0.25) is 0 Å². The van der Waals surface area contributed by atoms with Gasteiger partial charge in [0.05, 0.1) is 16.7 Å². The van der Waals surface area contributed by atoms with Gasteiger partial charge in [-0.15, -0.1) is 0 Å². The maximum atomic E-state index is 8.99. The molecule has 3 nitrogen and oxygen atoms in total. The summed E-state index contributed by atoms with van der Waals surface area (Å²) in [4.78, 5) is 2.30. The van der Waals surface area contributed by atoms with Crippen LogP contribution < -0.4 is 5.73 Å². The van der Waals surface area contributed by atoms with Crippen LogP contribution in [0.1, 0.15) is 24.3 Å². The maximum Gasteiger partial charge on any atom is 0.0595 e. The van der Waals surface area contributed by atoms with Gasteiger partial charge in [-0.25, -0.2) is 0 Å². The molecule has 1 heterocycles. The number of hydrogen-bond acceptors (Lipinski definition) is 3. The van der Waals surface area contributed by atoms with E-state index in [9.17, 15) is 0 Å². The Labute approximate surface area is 130 Å². The molecule has 1 aliphatic rings. The predicted octanol–water partition coefficient (Wildman–Crippen LogP) is 2.74. The Morgan fingerprint density at radius 2 is 1.95 bits per heavy atom. The molecule has 0 amide bonds. The number of likely N-dealkylation sites (tertiary alicyclic amines) is 1. The SMILES string of the molecule is NCC(c1ccc(Cl)c(Cl)c1)C1CCN(CCO)CC1. The Balaban J connectivity index is 2.03. The number of benzene rings is 1. The minimum Gasteiger partial charge on any atom is -0.395 e. The number of halogens is 2. The second kappa shape index (κ2) is 7.62. The van der Waals surface area contributed by atoms with Crippen molar-refractivity contribution in [3.63, 3.8) is 0 Å². The van der Waals surface area contributed by atoms with Crippen molar-refractivity contribution in [2.24, 2.45) is 11.7 Å². The van der Waals surface area contributed by atoms with E-state index in [0.29, 0.717) is 28.4 Å². The van der Waals surface area contributed by atoms with Crippen LogP contribution in [0.5, 0.6) is 0 Å². The first-order valence-electron chi connectivity index (χ1n) is 7.14. The number of rotatable bonds is 5. The molecule has 1 aromatic carbocycles. The molecule has 1 saturated heterocycles. The molecule has 112 valence electrons. The van der Waals surface area contributed by atoms with Crippen LogP contribution in [0.25, 0.3) is 0 Å². The van der Waals surface area contributed by atoms with E-state index < -0.39 is 0 Å². The normalized spacial score (nSPS) is 19.2. The molecule has 1 aliphatic heterocycles. The fourth-order valence-electron chi connectivity index (χ4n) is 3.06. The van der Waals surface area contributed by atoms with Crippen molar-refractivity contribution in [3.8, 4) is 0 Å². The summed E-state index contributed by atoms with van der Waals surface area (Å²) in [7, 11) is 0. The molecular weight excluding hydrogens is 295 g/mol. The lowest BCUT2D eigenvalue weighted by molar-refractivity contribution is 0.138. The Morgan fingerprint density at radius 1 is 1.25 bits per heavy atom. The largest absolute Gasteiger partial charge is 0.395 e. The van der Waals surface area contributed by atoms with Crippen molar-refractivity contribution in [1.82, 2.24) is 4.90 Å². The van der Waals surface area contributed by atoms with Crippen LogP contribution in [0.15, 0.2) is 18.2 Å². The average molecular weight is 317 g/mol. The predicted molar refractivity (Wildman–Crippen MR) is 84.5 cm³/mol. The van der Waals surface area contributed by atoms with E-state index in [1.165, 1.54) is 5.56 Å². The van der Waals surface area contributed by atoms with Crippen molar-refractivity contribution < 1.29 is 5.11 Å². The van der Waals surface area contributed by atoms with Crippen LogP contribution in [-0.2, 0) is 0 Å². The maximum absolute atomic E-state index is 8.99. The number of piperidine rings is 1. The molecule has 20 heavy (non-hydrogen) atoms. The second-order valence-corrected chi connectivity index (χ2v) is 6.23. The van der Waals surface area contributed by atoms with Crippen molar-refractivity contribution in [3.05, 3.63) is 33.8 Å². The third-order valence-corrected chi connectivity index (χ3v) is 4.98. The minimum atomic E-state index is 0.234. The summed E-state index contributed by atoms with van der Waals surface area (Å²) in [5.41, 5.74) is 7.17. The molecule has 1 fully saturated rings. The summed E-state index contributed by atoms with van der Waals surface area (Å²) in [6.07, 6.45) is 2.23. The minimum absolute atomic E-state index is 0.234. The molecule has 1 atom stereocenters. The van der Waals surface area contributed by atoms with Gasteiger partial charge in [-0.05, 0) is 62.0 Å². The summed E-state index contributed by atoms with van der Waals surface area (Å²) in [5.74, 6) is 0.910. The van der Waals surface area contributed by atoms with Crippen molar-refractivity contribution in [2.75, 3.05) is 32.8 Å². The van der Waals surface area contributed by atoms with Gasteiger partial charge in [-0.2, -0.15) is 0 Å². The first kappa shape index (κ1) is 16.1. The molecule has 1 unspecified atom stereocenters. The fourth-order valence-corrected chi connectivity index (χ4v) is 3.37. The van der Waals surface area contributed by atoms with E-state index in [1.54, 1.807) is 0 Å². The molecule has 3 N–H and O–H groups in total. The fraction of sp³-hybridized carbons (Fsp3) is 0.600. The Hall–Kier alpha value is -0.320. The zero-order valence-electron chi connectivity index (χ0n) is 11.6. The van der Waals surface area contributed by atoms with E-state index in [4.69, 9.17) is 34.0 Å². The number of β-amino-alcohol motifs (C(OH)–C–C–N with tert-alkyl or cyclic N) is 1. The molecule has 0 aromatic heterocycles. The molecule has 0 saturated carbocycles. The number of nitrogens with two attached hydrogens (primary N) is 1. The van der Waals surface area contributed by atoms with Gasteiger partial charge in [0.25, 0.3) is 0 Å². The monoisotopic (exact) mass is 316 g/mol. The average Bonchev–Trinajstić information content (AvgIpc) is 2.46. The van der Waals surface area contributed by atoms with Gasteiger partial charge < -0.3 is 15.7 Å². The van der Waals surface area contributed by atoms with Gasteiger partial charge in [0.15, 0.2) is 0 Å². The summed E-state index contributed by atoms with van der Waals surface area (Å²) in [5, 5.41) is 10.2. The van der Waals surface area contributed by atoms with E-state index in [2.05, 4.69) is 4.90 Å². The second-order valence-electron chi connectivity index (χ2n) is 5.42. The Bertz CT molecular complexity index is 434. The Morgan fingerprint density at radius 3 is 2.50 bits per heavy atom. The van der Waals surface area contributed by atoms with Crippen LogP contribution in [-0.4, -0.2) is 42.8 Å². The molecule has 5 heteroatoms. The number of aliphatic hydroxyl groups is 1. The van der Waals surface area contributed by atoms with Crippen LogP contribution in [0.4, 0.5) is 0 Å². The highest BCUT2D eigenvalue weighted by Gasteiger charge is 2.26. The first-order chi connectivity index (χ1) is 9.65. The van der Waals surface area contributed by atoms with E-state index in [-0.39, 0.29) is 6.61 Å². The van der Waals surface area contributed by atoms with Crippen molar-refractivity contribution in [1.29, 1.82) is 0 Å². The molecule has 0 spiro atoms. The number of aliphatic hydroxyl groups excluding tert-OH is 1. The smallest absolute Gasteiger partial charge is 0.0595 e. The highest BCUT2D eigenvalue weighted by Crippen LogP contribution is 2.34. The van der Waals surface area contributed by atoms with Crippen LogP contribution in [0.2, 0.25) is 10.0 Å². The highest BCUT2D eigenvalue weighted by molar-refractivity contribution is 6.42. The lowest BCUT2D eigenvalue weighted by Crippen LogP contribution is -2.38. The Kier molecular flexibility index (Phi) is 6.12. The van der Waals surface area contributed by atoms with Crippen LogP contribution in [0, 0.1) is 5.92 Å². The highest BCUT2D eigenvalue weighted by atomic mass is 35.5. The van der Waals surface area contributed by atoms with E-state index in [0.717, 1.165) is 32.5 Å². The van der Waals surface area contributed by atoms with Crippen LogP contribution in [0.3, 0.4) is 0 Å². The van der Waals surface area contributed by atoms with E-state index in [1.807, 2.05) is 18.2 Å². The molecule has 0 bridgehead atoms. The third kappa shape index (κ3) is 3.86. The number of hydrogen-bond donors (Lipinski definition) is 2.